The van der Waals surface area contributed by atoms with E-state index in [4.69, 9.17) is 0 Å². The van der Waals surface area contributed by atoms with Crippen molar-refractivity contribution in [2.45, 2.75) is 19.4 Å². The molecule has 2 aromatic rings. The van der Waals surface area contributed by atoms with Crippen LogP contribution in [0, 0.1) is 0 Å². The minimum Gasteiger partial charge on any atom is -0.310 e. The van der Waals surface area contributed by atoms with Crippen molar-refractivity contribution in [3.05, 3.63) is 78.4 Å². The highest BCUT2D eigenvalue weighted by Gasteiger charge is 2.04. The maximum Gasteiger partial charge on any atom is 0.0208 e. The molecule has 2 aromatic carbocycles. The molecule has 0 saturated heterocycles. The van der Waals surface area contributed by atoms with Gasteiger partial charge in [0.2, 0.25) is 0 Å². The molecule has 0 radical (unpaired) electrons. The molecule has 1 nitrogen and oxygen atoms in total. The number of nitrogens with one attached hydrogen (secondary N) is 1. The molecule has 0 bridgehead atoms. The number of hydrogen-bond donors (Lipinski definition) is 1. The first-order valence-electron chi connectivity index (χ1n) is 6.76. The summed E-state index contributed by atoms with van der Waals surface area (Å²) in [6.07, 6.45) is 1.04. The summed E-state index contributed by atoms with van der Waals surface area (Å²) in [4.78, 5) is 0. The van der Waals surface area contributed by atoms with E-state index >= 15 is 0 Å². The standard InChI is InChI=1S/C18H21N/c1-15(18-11-7-4-8-12-18)14-19-16(2)13-17-9-5-3-6-10-17/h3-12,16,19H,1,13-14H2,2H3. The normalized spacial score (nSPS) is 12.1. The van der Waals surface area contributed by atoms with Gasteiger partial charge < -0.3 is 5.32 Å². The molecule has 0 heterocycles. The molecule has 0 amide bonds. The Labute approximate surface area is 116 Å². The quantitative estimate of drug-likeness (QED) is 0.820. The van der Waals surface area contributed by atoms with Crippen LogP contribution in [0.25, 0.3) is 5.57 Å². The summed E-state index contributed by atoms with van der Waals surface area (Å²) >= 11 is 0. The molecule has 0 fully saturated rings. The summed E-state index contributed by atoms with van der Waals surface area (Å²) in [5, 5.41) is 3.53. The van der Waals surface area contributed by atoms with Crippen LogP contribution in [0.4, 0.5) is 0 Å². The molecule has 98 valence electrons. The van der Waals surface area contributed by atoms with Crippen LogP contribution in [-0.2, 0) is 6.42 Å². The molecule has 1 heteroatoms. The third kappa shape index (κ3) is 4.38. The Morgan fingerprint density at radius 3 is 2.21 bits per heavy atom. The fourth-order valence-corrected chi connectivity index (χ4v) is 2.11. The van der Waals surface area contributed by atoms with Crippen LogP contribution >= 0.6 is 0 Å². The Kier molecular flexibility index (Phi) is 4.93. The van der Waals surface area contributed by atoms with Gasteiger partial charge in [-0.25, -0.2) is 0 Å². The average molecular weight is 251 g/mol. The van der Waals surface area contributed by atoms with E-state index in [0.29, 0.717) is 6.04 Å². The SMILES string of the molecule is C=C(CNC(C)Cc1ccccc1)c1ccccc1. The fourth-order valence-electron chi connectivity index (χ4n) is 2.11. The van der Waals surface area contributed by atoms with Crippen LogP contribution in [0.3, 0.4) is 0 Å². The molecule has 0 saturated carbocycles. The van der Waals surface area contributed by atoms with Crippen LogP contribution < -0.4 is 5.32 Å². The second-order valence-corrected chi connectivity index (χ2v) is 4.94. The molecule has 0 aromatic heterocycles. The average Bonchev–Trinajstić information content (AvgIpc) is 2.47. The van der Waals surface area contributed by atoms with Crippen molar-refractivity contribution in [2.75, 3.05) is 6.54 Å². The van der Waals surface area contributed by atoms with Gasteiger partial charge in [0.1, 0.15) is 0 Å². The van der Waals surface area contributed by atoms with Gasteiger partial charge in [-0.2, -0.15) is 0 Å². The number of hydrogen-bond acceptors (Lipinski definition) is 1. The Balaban J connectivity index is 1.81. The largest absolute Gasteiger partial charge is 0.310 e. The lowest BCUT2D eigenvalue weighted by Crippen LogP contribution is -2.29. The molecule has 2 rings (SSSR count). The van der Waals surface area contributed by atoms with E-state index in [1.807, 2.05) is 18.2 Å². The maximum absolute atomic E-state index is 4.14. The van der Waals surface area contributed by atoms with E-state index in [2.05, 4.69) is 61.3 Å². The molecule has 0 spiro atoms. The summed E-state index contributed by atoms with van der Waals surface area (Å²) in [5.74, 6) is 0. The van der Waals surface area contributed by atoms with Gasteiger partial charge in [0, 0.05) is 12.6 Å². The minimum absolute atomic E-state index is 0.447. The summed E-state index contributed by atoms with van der Waals surface area (Å²) in [7, 11) is 0. The molecule has 1 atom stereocenters. The molecule has 0 aliphatic rings. The predicted octanol–water partition coefficient (Wildman–Crippen LogP) is 3.92. The van der Waals surface area contributed by atoms with Crippen molar-refractivity contribution in [2.24, 2.45) is 0 Å². The molecule has 1 unspecified atom stereocenters. The summed E-state index contributed by atoms with van der Waals surface area (Å²) in [6, 6.07) is 21.4. The molecule has 0 aliphatic carbocycles. The predicted molar refractivity (Wildman–Crippen MR) is 83.1 cm³/mol. The van der Waals surface area contributed by atoms with Crippen molar-refractivity contribution in [1.29, 1.82) is 0 Å². The van der Waals surface area contributed by atoms with Gasteiger partial charge in [0.15, 0.2) is 0 Å². The zero-order chi connectivity index (χ0) is 13.5. The highest BCUT2D eigenvalue weighted by molar-refractivity contribution is 5.64. The lowest BCUT2D eigenvalue weighted by Gasteiger charge is -2.15. The maximum atomic E-state index is 4.14. The van der Waals surface area contributed by atoms with Crippen molar-refractivity contribution in [1.82, 2.24) is 5.32 Å². The van der Waals surface area contributed by atoms with Crippen molar-refractivity contribution in [3.63, 3.8) is 0 Å². The fraction of sp³-hybridized carbons (Fsp3) is 0.222. The first kappa shape index (κ1) is 13.6. The monoisotopic (exact) mass is 251 g/mol. The molecule has 19 heavy (non-hydrogen) atoms. The first-order chi connectivity index (χ1) is 9.25. The highest BCUT2D eigenvalue weighted by Crippen LogP contribution is 2.11. The van der Waals surface area contributed by atoms with Gasteiger partial charge in [0.05, 0.1) is 0 Å². The first-order valence-corrected chi connectivity index (χ1v) is 6.76. The Hall–Kier alpha value is -1.86. The minimum atomic E-state index is 0.447. The third-order valence-electron chi connectivity index (χ3n) is 3.23. The van der Waals surface area contributed by atoms with Gasteiger partial charge in [-0.3, -0.25) is 0 Å². The Bertz CT molecular complexity index is 502. The van der Waals surface area contributed by atoms with Crippen LogP contribution in [0.5, 0.6) is 0 Å². The van der Waals surface area contributed by atoms with Crippen molar-refractivity contribution >= 4 is 5.57 Å². The van der Waals surface area contributed by atoms with Crippen molar-refractivity contribution in [3.8, 4) is 0 Å². The lowest BCUT2D eigenvalue weighted by molar-refractivity contribution is 0.585. The van der Waals surface area contributed by atoms with Crippen LogP contribution in [0.15, 0.2) is 67.2 Å². The number of benzene rings is 2. The second kappa shape index (κ2) is 6.91. The summed E-state index contributed by atoms with van der Waals surface area (Å²) < 4.78 is 0. The smallest absolute Gasteiger partial charge is 0.0208 e. The molecule has 1 N–H and O–H groups in total. The number of rotatable bonds is 6. The Morgan fingerprint density at radius 2 is 1.58 bits per heavy atom. The van der Waals surface area contributed by atoms with Crippen LogP contribution in [0.2, 0.25) is 0 Å². The van der Waals surface area contributed by atoms with Gasteiger partial charge >= 0.3 is 0 Å². The summed E-state index contributed by atoms with van der Waals surface area (Å²) in [6.45, 7) is 7.19. The van der Waals surface area contributed by atoms with Gasteiger partial charge in [0.25, 0.3) is 0 Å². The van der Waals surface area contributed by atoms with Gasteiger partial charge in [-0.1, -0.05) is 67.2 Å². The molecular formula is C18H21N. The van der Waals surface area contributed by atoms with Crippen LogP contribution in [0.1, 0.15) is 18.1 Å². The zero-order valence-corrected chi connectivity index (χ0v) is 11.5. The topological polar surface area (TPSA) is 12.0 Å². The van der Waals surface area contributed by atoms with Gasteiger partial charge in [-0.05, 0) is 30.0 Å². The third-order valence-corrected chi connectivity index (χ3v) is 3.23. The molecule has 0 aliphatic heterocycles. The highest BCUT2D eigenvalue weighted by atomic mass is 14.9. The van der Waals surface area contributed by atoms with E-state index in [-0.39, 0.29) is 0 Å². The molecular weight excluding hydrogens is 230 g/mol. The zero-order valence-electron chi connectivity index (χ0n) is 11.5. The second-order valence-electron chi connectivity index (χ2n) is 4.94. The van der Waals surface area contributed by atoms with Gasteiger partial charge in [-0.15, -0.1) is 0 Å². The van der Waals surface area contributed by atoms with E-state index < -0.39 is 0 Å². The van der Waals surface area contributed by atoms with E-state index in [1.165, 1.54) is 11.1 Å². The van der Waals surface area contributed by atoms with E-state index in [0.717, 1.165) is 18.5 Å². The van der Waals surface area contributed by atoms with Crippen molar-refractivity contribution < 1.29 is 0 Å². The van der Waals surface area contributed by atoms with Crippen LogP contribution in [-0.4, -0.2) is 12.6 Å². The summed E-state index contributed by atoms with van der Waals surface area (Å²) in [5.41, 5.74) is 3.72. The lowest BCUT2D eigenvalue weighted by atomic mass is 10.1. The van der Waals surface area contributed by atoms with E-state index in [1.54, 1.807) is 0 Å². The Morgan fingerprint density at radius 1 is 1.00 bits per heavy atom. The van der Waals surface area contributed by atoms with E-state index in [9.17, 15) is 0 Å².